The van der Waals surface area contributed by atoms with Crippen LogP contribution >= 0.6 is 11.3 Å². The van der Waals surface area contributed by atoms with Crippen LogP contribution in [-0.4, -0.2) is 17.0 Å². The zero-order chi connectivity index (χ0) is 18.3. The Morgan fingerprint density at radius 3 is 2.65 bits per heavy atom. The first-order chi connectivity index (χ1) is 12.6. The molecule has 0 radical (unpaired) electrons. The van der Waals surface area contributed by atoms with E-state index in [1.54, 1.807) is 0 Å². The minimum absolute atomic E-state index is 0.285. The molecule has 0 bridgehead atoms. The van der Waals surface area contributed by atoms with Gasteiger partial charge in [0.05, 0.1) is 17.4 Å². The number of aliphatic carboxylic acids is 1. The fourth-order valence-electron chi connectivity index (χ4n) is 3.76. The van der Waals surface area contributed by atoms with E-state index in [9.17, 15) is 14.9 Å². The molecular formula is C20H18N2O3S. The van der Waals surface area contributed by atoms with Crippen LogP contribution in [0.25, 0.3) is 0 Å². The van der Waals surface area contributed by atoms with E-state index in [0.29, 0.717) is 22.9 Å². The Bertz CT molecular complexity index is 913. The second-order valence-electron chi connectivity index (χ2n) is 6.95. The van der Waals surface area contributed by atoms with Crippen LogP contribution in [0.4, 0.5) is 5.00 Å². The molecule has 1 heterocycles. The number of anilines is 1. The van der Waals surface area contributed by atoms with Crippen LogP contribution in [0.1, 0.15) is 40.3 Å². The summed E-state index contributed by atoms with van der Waals surface area (Å²) in [5.41, 5.74) is 2.90. The quantitative estimate of drug-likeness (QED) is 0.866. The molecule has 1 saturated carbocycles. The number of nitriles is 1. The van der Waals surface area contributed by atoms with Gasteiger partial charge >= 0.3 is 5.97 Å². The Morgan fingerprint density at radius 2 is 2.00 bits per heavy atom. The number of carbonyl (C=O) groups is 2. The summed E-state index contributed by atoms with van der Waals surface area (Å²) in [7, 11) is 0. The summed E-state index contributed by atoms with van der Waals surface area (Å²) in [4.78, 5) is 24.4. The topological polar surface area (TPSA) is 90.2 Å². The summed E-state index contributed by atoms with van der Waals surface area (Å²) in [5.74, 6) is -1.85. The number of benzene rings is 1. The predicted molar refractivity (Wildman–Crippen MR) is 98.1 cm³/mol. The van der Waals surface area contributed by atoms with Gasteiger partial charge in [0, 0.05) is 4.88 Å². The van der Waals surface area contributed by atoms with Gasteiger partial charge in [-0.2, -0.15) is 5.26 Å². The SMILES string of the molecule is N#Cc1c(NC(=O)C2CC2C(=O)O)sc2c1CCC(c1ccccc1)C2. The molecule has 2 aliphatic carbocycles. The van der Waals surface area contributed by atoms with Gasteiger partial charge in [0.25, 0.3) is 0 Å². The first-order valence-corrected chi connectivity index (χ1v) is 9.53. The maximum Gasteiger partial charge on any atom is 0.307 e. The van der Waals surface area contributed by atoms with Crippen molar-refractivity contribution in [1.82, 2.24) is 0 Å². The number of fused-ring (bicyclic) bond motifs is 1. The van der Waals surface area contributed by atoms with Crippen molar-refractivity contribution < 1.29 is 14.7 Å². The molecule has 1 amide bonds. The van der Waals surface area contributed by atoms with E-state index in [0.717, 1.165) is 29.7 Å². The van der Waals surface area contributed by atoms with Crippen molar-refractivity contribution in [2.45, 2.75) is 31.6 Å². The summed E-state index contributed by atoms with van der Waals surface area (Å²) in [6.45, 7) is 0. The average Bonchev–Trinajstić information content (AvgIpc) is 3.39. The molecule has 0 aliphatic heterocycles. The molecule has 2 N–H and O–H groups in total. The molecule has 4 rings (SSSR count). The lowest BCUT2D eigenvalue weighted by Gasteiger charge is -2.22. The van der Waals surface area contributed by atoms with Crippen LogP contribution < -0.4 is 5.32 Å². The maximum absolute atomic E-state index is 12.3. The van der Waals surface area contributed by atoms with Crippen LogP contribution in [0, 0.1) is 23.2 Å². The van der Waals surface area contributed by atoms with Crippen LogP contribution in [0.15, 0.2) is 30.3 Å². The van der Waals surface area contributed by atoms with Crippen LogP contribution in [-0.2, 0) is 22.4 Å². The molecule has 1 fully saturated rings. The third kappa shape index (κ3) is 2.99. The Kier molecular flexibility index (Phi) is 4.25. The largest absolute Gasteiger partial charge is 0.481 e. The smallest absolute Gasteiger partial charge is 0.307 e. The third-order valence-corrected chi connectivity index (χ3v) is 6.50. The Morgan fingerprint density at radius 1 is 1.23 bits per heavy atom. The number of hydrogen-bond donors (Lipinski definition) is 2. The van der Waals surface area contributed by atoms with E-state index in [2.05, 4.69) is 23.5 Å². The van der Waals surface area contributed by atoms with E-state index in [4.69, 9.17) is 5.11 Å². The molecule has 6 heteroatoms. The number of nitrogens with zero attached hydrogens (tertiary/aromatic N) is 1. The lowest BCUT2D eigenvalue weighted by Crippen LogP contribution is -2.16. The molecule has 3 unspecified atom stereocenters. The van der Waals surface area contributed by atoms with Crippen LogP contribution in [0.3, 0.4) is 0 Å². The monoisotopic (exact) mass is 366 g/mol. The Hall–Kier alpha value is -2.65. The summed E-state index contributed by atoms with van der Waals surface area (Å²) in [6.07, 6.45) is 3.06. The highest BCUT2D eigenvalue weighted by Crippen LogP contribution is 2.44. The minimum Gasteiger partial charge on any atom is -0.481 e. The van der Waals surface area contributed by atoms with Gasteiger partial charge in [-0.05, 0) is 42.7 Å². The summed E-state index contributed by atoms with van der Waals surface area (Å²) >= 11 is 1.47. The van der Waals surface area contributed by atoms with Crippen molar-refractivity contribution in [2.75, 3.05) is 5.32 Å². The second kappa shape index (κ2) is 6.58. The number of thiophene rings is 1. The van der Waals surface area contributed by atoms with Gasteiger partial charge in [-0.15, -0.1) is 11.3 Å². The van der Waals surface area contributed by atoms with Crippen molar-refractivity contribution >= 4 is 28.2 Å². The molecular weight excluding hydrogens is 348 g/mol. The van der Waals surface area contributed by atoms with E-state index >= 15 is 0 Å². The predicted octanol–water partition coefficient (Wildman–Crippen LogP) is 3.55. The van der Waals surface area contributed by atoms with Crippen molar-refractivity contribution in [2.24, 2.45) is 11.8 Å². The minimum atomic E-state index is -0.929. The van der Waals surface area contributed by atoms with Crippen molar-refractivity contribution in [1.29, 1.82) is 5.26 Å². The summed E-state index contributed by atoms with van der Waals surface area (Å²) in [6, 6.07) is 12.6. The molecule has 3 atom stereocenters. The number of amides is 1. The van der Waals surface area contributed by atoms with E-state index in [-0.39, 0.29) is 5.91 Å². The maximum atomic E-state index is 12.3. The first-order valence-electron chi connectivity index (χ1n) is 8.71. The molecule has 0 spiro atoms. The lowest BCUT2D eigenvalue weighted by molar-refractivity contribution is -0.139. The van der Waals surface area contributed by atoms with Gasteiger partial charge in [-0.1, -0.05) is 30.3 Å². The number of carboxylic acid groups (broad SMARTS) is 1. The first kappa shape index (κ1) is 16.8. The van der Waals surface area contributed by atoms with Crippen LogP contribution in [0.2, 0.25) is 0 Å². The van der Waals surface area contributed by atoms with Crippen molar-refractivity contribution in [3.8, 4) is 6.07 Å². The second-order valence-corrected chi connectivity index (χ2v) is 8.05. The molecule has 26 heavy (non-hydrogen) atoms. The fourth-order valence-corrected chi connectivity index (χ4v) is 5.05. The number of carboxylic acids is 1. The van der Waals surface area contributed by atoms with Gasteiger partial charge in [0.2, 0.25) is 5.91 Å². The summed E-state index contributed by atoms with van der Waals surface area (Å²) in [5, 5.41) is 21.9. The highest BCUT2D eigenvalue weighted by molar-refractivity contribution is 7.16. The number of nitrogens with one attached hydrogen (secondary N) is 1. The van der Waals surface area contributed by atoms with E-state index in [1.807, 2.05) is 18.2 Å². The standard InChI is InChI=1S/C20H18N2O3S/c21-10-16-13-7-6-12(11-4-2-1-3-5-11)8-17(13)26-19(16)22-18(23)14-9-15(14)20(24)25/h1-5,12,14-15H,6-9H2,(H,22,23)(H,24,25). The molecule has 1 aromatic carbocycles. The Labute approximate surface area is 155 Å². The fraction of sp³-hybridized carbons (Fsp3) is 0.350. The molecule has 1 aromatic heterocycles. The zero-order valence-corrected chi connectivity index (χ0v) is 14.9. The van der Waals surface area contributed by atoms with Crippen molar-refractivity contribution in [3.63, 3.8) is 0 Å². The Balaban J connectivity index is 1.54. The molecule has 2 aliphatic rings. The normalized spacial score (nSPS) is 23.6. The number of hydrogen-bond acceptors (Lipinski definition) is 4. The third-order valence-electron chi connectivity index (χ3n) is 5.33. The van der Waals surface area contributed by atoms with Gasteiger partial charge in [-0.25, -0.2) is 0 Å². The summed E-state index contributed by atoms with van der Waals surface area (Å²) < 4.78 is 0. The van der Waals surface area contributed by atoms with Gasteiger partial charge in [0.15, 0.2) is 0 Å². The van der Waals surface area contributed by atoms with Gasteiger partial charge < -0.3 is 10.4 Å². The average molecular weight is 366 g/mol. The van der Waals surface area contributed by atoms with Crippen molar-refractivity contribution in [3.05, 3.63) is 51.9 Å². The molecule has 5 nitrogen and oxygen atoms in total. The van der Waals surface area contributed by atoms with E-state index < -0.39 is 17.8 Å². The molecule has 2 aromatic rings. The highest BCUT2D eigenvalue weighted by Gasteiger charge is 2.48. The van der Waals surface area contributed by atoms with Gasteiger partial charge in [0.1, 0.15) is 11.1 Å². The lowest BCUT2D eigenvalue weighted by atomic mass is 9.83. The number of carbonyl (C=O) groups excluding carboxylic acids is 1. The van der Waals surface area contributed by atoms with Gasteiger partial charge in [-0.3, -0.25) is 9.59 Å². The molecule has 0 saturated heterocycles. The molecule has 132 valence electrons. The van der Waals surface area contributed by atoms with E-state index in [1.165, 1.54) is 16.9 Å². The zero-order valence-electron chi connectivity index (χ0n) is 14.1. The number of rotatable bonds is 4. The highest BCUT2D eigenvalue weighted by atomic mass is 32.1. The van der Waals surface area contributed by atoms with Crippen LogP contribution in [0.5, 0.6) is 0 Å².